The molecule has 0 aliphatic carbocycles. The van der Waals surface area contributed by atoms with Gasteiger partial charge in [-0.15, -0.1) is 0 Å². The molecule has 2 aliphatic rings. The number of carbonyl (C=O) groups excluding carboxylic acids is 1. The van der Waals surface area contributed by atoms with Crippen molar-refractivity contribution in [1.29, 1.82) is 0 Å². The third-order valence-corrected chi connectivity index (χ3v) is 8.59. The van der Waals surface area contributed by atoms with E-state index in [1.54, 1.807) is 12.1 Å². The average molecular weight is 527 g/mol. The van der Waals surface area contributed by atoms with E-state index in [-0.39, 0.29) is 49.9 Å². The Morgan fingerprint density at radius 3 is 2.54 bits per heavy atom. The number of ether oxygens (including phenoxy) is 1. The molecular weight excluding hydrogens is 499 g/mol. The van der Waals surface area contributed by atoms with E-state index in [0.29, 0.717) is 9.87 Å². The first-order valence-corrected chi connectivity index (χ1v) is 13.9. The molecule has 0 aromatic heterocycles. The second-order valence-corrected chi connectivity index (χ2v) is 12.2. The zero-order chi connectivity index (χ0) is 25.4. The maximum absolute atomic E-state index is 16.0. The van der Waals surface area contributed by atoms with Crippen LogP contribution in [0.25, 0.3) is 0 Å². The number of rotatable bonds is 8. The summed E-state index contributed by atoms with van der Waals surface area (Å²) in [7, 11) is -8.20. The fourth-order valence-corrected chi connectivity index (χ4v) is 6.41. The van der Waals surface area contributed by atoms with E-state index in [2.05, 4.69) is 4.72 Å². The average Bonchev–Trinajstić information content (AvgIpc) is 3.08. The van der Waals surface area contributed by atoms with E-state index >= 15 is 4.39 Å². The van der Waals surface area contributed by atoms with Crippen molar-refractivity contribution in [3.8, 4) is 5.75 Å². The van der Waals surface area contributed by atoms with Crippen LogP contribution in [0.1, 0.15) is 30.5 Å². The van der Waals surface area contributed by atoms with E-state index in [1.165, 1.54) is 6.07 Å². The molecule has 2 aliphatic heterocycles. The molecule has 1 saturated heterocycles. The Hall–Kier alpha value is -2.74. The van der Waals surface area contributed by atoms with Crippen LogP contribution in [0.2, 0.25) is 0 Å². The van der Waals surface area contributed by atoms with E-state index < -0.39 is 44.4 Å². The van der Waals surface area contributed by atoms with Crippen LogP contribution >= 0.6 is 0 Å². The summed E-state index contributed by atoms with van der Waals surface area (Å²) < 4.78 is 78.5. The van der Waals surface area contributed by atoms with Crippen molar-refractivity contribution in [3.63, 3.8) is 0 Å². The summed E-state index contributed by atoms with van der Waals surface area (Å²) in [6.07, 6.45) is 0.209. The molecule has 1 fully saturated rings. The van der Waals surface area contributed by atoms with Crippen LogP contribution < -0.4 is 18.5 Å². The number of nitrogens with one attached hydrogen (secondary N) is 2. The highest BCUT2D eigenvalue weighted by molar-refractivity contribution is 7.92. The number of halogens is 1. The number of hydrogen-bond acceptors (Lipinski definition) is 6. The van der Waals surface area contributed by atoms with E-state index in [1.807, 2.05) is 36.8 Å². The van der Waals surface area contributed by atoms with Crippen molar-refractivity contribution >= 4 is 32.0 Å². The molecule has 10 nitrogen and oxygen atoms in total. The highest BCUT2D eigenvalue weighted by atomic mass is 32.2. The lowest BCUT2D eigenvalue weighted by Crippen LogP contribution is -2.44. The van der Waals surface area contributed by atoms with Crippen molar-refractivity contribution in [2.45, 2.75) is 33.4 Å². The summed E-state index contributed by atoms with van der Waals surface area (Å²) >= 11 is 0. The highest BCUT2D eigenvalue weighted by Gasteiger charge is 2.40. The number of amides is 1. The molecule has 13 heteroatoms. The van der Waals surface area contributed by atoms with Gasteiger partial charge in [0.1, 0.15) is 24.6 Å². The minimum atomic E-state index is -4.33. The molecule has 190 valence electrons. The second kappa shape index (κ2) is 9.72. The predicted octanol–water partition coefficient (Wildman–Crippen LogP) is 1.43. The first-order valence-electron chi connectivity index (χ1n) is 11.1. The van der Waals surface area contributed by atoms with Gasteiger partial charge in [0.05, 0.1) is 0 Å². The van der Waals surface area contributed by atoms with Gasteiger partial charge in [0.15, 0.2) is 5.82 Å². The van der Waals surface area contributed by atoms with Crippen molar-refractivity contribution in [2.24, 2.45) is 5.92 Å². The lowest BCUT2D eigenvalue weighted by Gasteiger charge is -2.31. The Bertz CT molecular complexity index is 1330. The molecule has 0 radical (unpaired) electrons. The molecule has 2 N–H and O–H groups in total. The Labute approximate surface area is 204 Å². The molecule has 1 amide bonds. The summed E-state index contributed by atoms with van der Waals surface area (Å²) in [4.78, 5) is 11.9. The van der Waals surface area contributed by atoms with Crippen LogP contribution in [0, 0.1) is 11.7 Å². The molecule has 0 atom stereocenters. The van der Waals surface area contributed by atoms with Crippen LogP contribution in [0.15, 0.2) is 36.4 Å². The Balaban J connectivity index is 1.73. The SMILES string of the molecule is CC(C)CNS(=O)(=O)N1CCc2cc(OCc3ccccc3)c(N3CC(=O)NS3(=O)=O)c(F)c2C1. The van der Waals surface area contributed by atoms with Crippen molar-refractivity contribution in [3.05, 3.63) is 58.9 Å². The van der Waals surface area contributed by atoms with Gasteiger partial charge in [0, 0.05) is 25.2 Å². The first-order chi connectivity index (χ1) is 16.5. The fraction of sp³-hybridized carbons (Fsp3) is 0.409. The van der Waals surface area contributed by atoms with Crippen molar-refractivity contribution in [2.75, 3.05) is 23.9 Å². The number of carbonyl (C=O) groups is 1. The number of nitrogens with zero attached hydrogens (tertiary/aromatic N) is 2. The molecular formula is C22H27FN4O6S2. The Morgan fingerprint density at radius 2 is 1.91 bits per heavy atom. The van der Waals surface area contributed by atoms with Crippen molar-refractivity contribution < 1.29 is 30.8 Å². The first kappa shape index (κ1) is 25.4. The third-order valence-electron chi connectivity index (χ3n) is 5.68. The van der Waals surface area contributed by atoms with E-state index in [9.17, 15) is 21.6 Å². The second-order valence-electron chi connectivity index (χ2n) is 8.82. The molecule has 0 saturated carbocycles. The van der Waals surface area contributed by atoms with Gasteiger partial charge in [-0.2, -0.15) is 21.1 Å². The minimum absolute atomic E-state index is 0.0422. The van der Waals surface area contributed by atoms with E-state index in [4.69, 9.17) is 4.74 Å². The maximum Gasteiger partial charge on any atom is 0.326 e. The quantitative estimate of drug-likeness (QED) is 0.536. The number of anilines is 1. The molecule has 0 spiro atoms. The lowest BCUT2D eigenvalue weighted by molar-refractivity contribution is -0.117. The van der Waals surface area contributed by atoms with Gasteiger partial charge in [0.2, 0.25) is 0 Å². The largest absolute Gasteiger partial charge is 0.487 e. The molecule has 0 bridgehead atoms. The maximum atomic E-state index is 16.0. The summed E-state index contributed by atoms with van der Waals surface area (Å²) in [5.74, 6) is -1.70. The lowest BCUT2D eigenvalue weighted by atomic mass is 9.98. The Morgan fingerprint density at radius 1 is 1.20 bits per heavy atom. The van der Waals surface area contributed by atoms with Gasteiger partial charge >= 0.3 is 10.2 Å². The zero-order valence-electron chi connectivity index (χ0n) is 19.3. The molecule has 2 aromatic rings. The summed E-state index contributed by atoms with van der Waals surface area (Å²) in [6, 6.07) is 10.6. The summed E-state index contributed by atoms with van der Waals surface area (Å²) in [5, 5.41) is 0. The number of hydrogen-bond donors (Lipinski definition) is 2. The van der Waals surface area contributed by atoms with Gasteiger partial charge < -0.3 is 4.74 Å². The number of benzene rings is 2. The minimum Gasteiger partial charge on any atom is -0.487 e. The monoisotopic (exact) mass is 526 g/mol. The molecule has 0 unspecified atom stereocenters. The summed E-state index contributed by atoms with van der Waals surface area (Å²) in [5.41, 5.74) is 0.916. The van der Waals surface area contributed by atoms with Gasteiger partial charge in [-0.25, -0.2) is 18.1 Å². The number of fused-ring (bicyclic) bond motifs is 1. The Kier molecular flexibility index (Phi) is 7.04. The van der Waals surface area contributed by atoms with Crippen LogP contribution in [0.5, 0.6) is 5.75 Å². The van der Waals surface area contributed by atoms with Gasteiger partial charge in [-0.05, 0) is 29.5 Å². The van der Waals surface area contributed by atoms with Gasteiger partial charge in [0.25, 0.3) is 16.1 Å². The van der Waals surface area contributed by atoms with Crippen LogP contribution in [-0.4, -0.2) is 46.7 Å². The third kappa shape index (κ3) is 5.42. The van der Waals surface area contributed by atoms with Crippen LogP contribution in [0.4, 0.5) is 10.1 Å². The zero-order valence-corrected chi connectivity index (χ0v) is 21.0. The highest BCUT2D eigenvalue weighted by Crippen LogP contribution is 2.40. The standard InChI is InChI=1S/C22H27FN4O6S2/c1-15(2)11-24-34(29,30)26-9-8-17-10-19(33-14-16-6-4-3-5-7-16)22(21(23)18(17)12-26)27-13-20(28)25-35(27,31)32/h3-7,10,15,24H,8-9,11-14H2,1-2H3,(H,25,28). The molecule has 4 rings (SSSR count). The normalized spacial score (nSPS) is 17.9. The molecule has 2 aromatic carbocycles. The van der Waals surface area contributed by atoms with Gasteiger partial charge in [-0.3, -0.25) is 4.79 Å². The molecule has 35 heavy (non-hydrogen) atoms. The smallest absolute Gasteiger partial charge is 0.326 e. The van der Waals surface area contributed by atoms with Crippen LogP contribution in [-0.2, 0) is 44.8 Å². The summed E-state index contributed by atoms with van der Waals surface area (Å²) in [6.45, 7) is 3.23. The predicted molar refractivity (Wildman–Crippen MR) is 127 cm³/mol. The van der Waals surface area contributed by atoms with Crippen LogP contribution in [0.3, 0.4) is 0 Å². The topological polar surface area (TPSA) is 125 Å². The van der Waals surface area contributed by atoms with Crippen molar-refractivity contribution in [1.82, 2.24) is 13.7 Å². The molecule has 2 heterocycles. The fourth-order valence-electron chi connectivity index (χ4n) is 3.89. The van der Waals surface area contributed by atoms with E-state index in [0.717, 1.165) is 9.87 Å². The van der Waals surface area contributed by atoms with Gasteiger partial charge in [-0.1, -0.05) is 44.2 Å².